The Morgan fingerprint density at radius 3 is 2.50 bits per heavy atom. The second kappa shape index (κ2) is 6.88. The lowest BCUT2D eigenvalue weighted by Crippen LogP contribution is -2.05. The van der Waals surface area contributed by atoms with E-state index in [-0.39, 0.29) is 12.4 Å². The molecule has 0 bridgehead atoms. The maximum absolute atomic E-state index is 10.6. The molecule has 0 aromatic rings. The number of hydrogen-bond acceptors (Lipinski definition) is 3. The number of allylic oxidation sites excluding steroid dienone is 3. The van der Waals surface area contributed by atoms with Gasteiger partial charge in [-0.05, 0) is 26.0 Å². The number of hydrogen-bond donors (Lipinski definition) is 1. The van der Waals surface area contributed by atoms with E-state index in [9.17, 15) is 9.59 Å². The van der Waals surface area contributed by atoms with Gasteiger partial charge in [-0.15, -0.1) is 0 Å². The highest BCUT2D eigenvalue weighted by Crippen LogP contribution is 2.00. The lowest BCUT2D eigenvalue weighted by atomic mass is 10.3. The minimum Gasteiger partial charge on any atom is -0.482 e. The standard InChI is InChI=1S/C10H14O4/c1-3-9(14-7-10(12)13)6-4-5-8(2)11/h3-4,6H,5,7H2,1-2H3,(H,12,13)/b6-4-,9-3+. The van der Waals surface area contributed by atoms with Crippen molar-refractivity contribution < 1.29 is 19.4 Å². The van der Waals surface area contributed by atoms with Crippen LogP contribution in [0.4, 0.5) is 0 Å². The monoisotopic (exact) mass is 198 g/mol. The molecule has 0 fully saturated rings. The Bertz CT molecular complexity index is 263. The molecule has 0 saturated heterocycles. The molecule has 0 unspecified atom stereocenters. The topological polar surface area (TPSA) is 63.6 Å². The fraction of sp³-hybridized carbons (Fsp3) is 0.400. The van der Waals surface area contributed by atoms with Gasteiger partial charge in [-0.2, -0.15) is 0 Å². The van der Waals surface area contributed by atoms with Crippen LogP contribution in [0.5, 0.6) is 0 Å². The average Bonchev–Trinajstić information content (AvgIpc) is 2.10. The van der Waals surface area contributed by atoms with E-state index in [0.717, 1.165) is 0 Å². The quantitative estimate of drug-likeness (QED) is 0.519. The molecule has 0 radical (unpaired) electrons. The van der Waals surface area contributed by atoms with Gasteiger partial charge in [-0.1, -0.05) is 6.08 Å². The van der Waals surface area contributed by atoms with Crippen LogP contribution in [-0.4, -0.2) is 23.5 Å². The molecular formula is C10H14O4. The molecule has 0 aromatic carbocycles. The molecule has 1 N–H and O–H groups in total. The first-order chi connectivity index (χ1) is 6.56. The fourth-order valence-corrected chi connectivity index (χ4v) is 0.714. The Labute approximate surface area is 82.9 Å². The van der Waals surface area contributed by atoms with Gasteiger partial charge in [-0.3, -0.25) is 4.79 Å². The van der Waals surface area contributed by atoms with Gasteiger partial charge in [0.15, 0.2) is 6.61 Å². The van der Waals surface area contributed by atoms with Crippen LogP contribution in [0.25, 0.3) is 0 Å². The van der Waals surface area contributed by atoms with Crippen molar-refractivity contribution in [1.82, 2.24) is 0 Å². The lowest BCUT2D eigenvalue weighted by Gasteiger charge is -2.02. The zero-order valence-corrected chi connectivity index (χ0v) is 8.32. The lowest BCUT2D eigenvalue weighted by molar-refractivity contribution is -0.140. The summed E-state index contributed by atoms with van der Waals surface area (Å²) in [5.41, 5.74) is 0. The van der Waals surface area contributed by atoms with Crippen molar-refractivity contribution in [3.63, 3.8) is 0 Å². The third kappa shape index (κ3) is 7.09. The summed E-state index contributed by atoms with van der Waals surface area (Å²) in [7, 11) is 0. The van der Waals surface area contributed by atoms with Crippen molar-refractivity contribution in [2.75, 3.05) is 6.61 Å². The predicted molar refractivity (Wildman–Crippen MR) is 51.8 cm³/mol. The first kappa shape index (κ1) is 12.4. The highest BCUT2D eigenvalue weighted by atomic mass is 16.5. The average molecular weight is 198 g/mol. The van der Waals surface area contributed by atoms with E-state index < -0.39 is 5.97 Å². The second-order valence-corrected chi connectivity index (χ2v) is 2.68. The molecule has 4 heteroatoms. The molecule has 78 valence electrons. The molecule has 0 saturated carbocycles. The Morgan fingerprint density at radius 1 is 1.43 bits per heavy atom. The van der Waals surface area contributed by atoms with Crippen LogP contribution < -0.4 is 0 Å². The number of carbonyl (C=O) groups excluding carboxylic acids is 1. The molecule has 0 rings (SSSR count). The number of ether oxygens (including phenoxy) is 1. The van der Waals surface area contributed by atoms with Crippen LogP contribution in [0.1, 0.15) is 20.3 Å². The van der Waals surface area contributed by atoms with Crippen LogP contribution in [0.15, 0.2) is 24.0 Å². The van der Waals surface area contributed by atoms with Gasteiger partial charge in [-0.25, -0.2) is 4.79 Å². The van der Waals surface area contributed by atoms with Gasteiger partial charge >= 0.3 is 5.97 Å². The summed E-state index contributed by atoms with van der Waals surface area (Å²) in [6.07, 6.45) is 5.19. The number of Topliss-reactive ketones (excluding diaryl/α,β-unsaturated/α-hetero) is 1. The fourth-order valence-electron chi connectivity index (χ4n) is 0.714. The summed E-state index contributed by atoms with van der Waals surface area (Å²) in [6, 6.07) is 0. The van der Waals surface area contributed by atoms with Crippen molar-refractivity contribution in [3.8, 4) is 0 Å². The Kier molecular flexibility index (Phi) is 6.11. The third-order valence-electron chi connectivity index (χ3n) is 1.33. The summed E-state index contributed by atoms with van der Waals surface area (Å²) in [6.45, 7) is 2.84. The first-order valence-electron chi connectivity index (χ1n) is 4.23. The van der Waals surface area contributed by atoms with Crippen molar-refractivity contribution in [3.05, 3.63) is 24.0 Å². The van der Waals surface area contributed by atoms with E-state index in [1.807, 2.05) is 0 Å². The minimum atomic E-state index is -1.02. The summed E-state index contributed by atoms with van der Waals surface area (Å²) in [5.74, 6) is -0.520. The number of aliphatic carboxylic acids is 1. The molecule has 0 aliphatic heterocycles. The molecule has 0 spiro atoms. The van der Waals surface area contributed by atoms with Gasteiger partial charge in [0.2, 0.25) is 0 Å². The number of ketones is 1. The van der Waals surface area contributed by atoms with Crippen LogP contribution in [0.2, 0.25) is 0 Å². The summed E-state index contributed by atoms with van der Waals surface area (Å²) >= 11 is 0. The van der Waals surface area contributed by atoms with Crippen molar-refractivity contribution in [1.29, 1.82) is 0 Å². The Morgan fingerprint density at radius 2 is 2.07 bits per heavy atom. The van der Waals surface area contributed by atoms with Crippen molar-refractivity contribution >= 4 is 11.8 Å². The van der Waals surface area contributed by atoms with E-state index >= 15 is 0 Å². The van der Waals surface area contributed by atoms with Crippen molar-refractivity contribution in [2.45, 2.75) is 20.3 Å². The summed E-state index contributed by atoms with van der Waals surface area (Å²) in [4.78, 5) is 20.7. The van der Waals surface area contributed by atoms with E-state index in [0.29, 0.717) is 12.2 Å². The van der Waals surface area contributed by atoms with Crippen LogP contribution in [0.3, 0.4) is 0 Å². The molecule has 0 amide bonds. The van der Waals surface area contributed by atoms with E-state index in [4.69, 9.17) is 9.84 Å². The van der Waals surface area contributed by atoms with E-state index in [1.165, 1.54) is 6.92 Å². The number of rotatable bonds is 6. The minimum absolute atomic E-state index is 0.0509. The van der Waals surface area contributed by atoms with Gasteiger partial charge in [0.25, 0.3) is 0 Å². The van der Waals surface area contributed by atoms with Crippen LogP contribution in [0, 0.1) is 0 Å². The van der Waals surface area contributed by atoms with Gasteiger partial charge in [0.1, 0.15) is 11.5 Å². The van der Waals surface area contributed by atoms with E-state index in [1.54, 1.807) is 25.2 Å². The Balaban J connectivity index is 3.98. The maximum atomic E-state index is 10.6. The molecule has 0 atom stereocenters. The molecule has 0 aromatic heterocycles. The van der Waals surface area contributed by atoms with E-state index in [2.05, 4.69) is 0 Å². The molecule has 0 aliphatic carbocycles. The highest BCUT2D eigenvalue weighted by Gasteiger charge is 1.97. The molecule has 14 heavy (non-hydrogen) atoms. The molecule has 0 heterocycles. The SMILES string of the molecule is C/C=C(\C=C/CC(C)=O)OCC(=O)O. The van der Waals surface area contributed by atoms with Gasteiger partial charge < -0.3 is 9.84 Å². The van der Waals surface area contributed by atoms with Gasteiger partial charge in [0, 0.05) is 6.42 Å². The smallest absolute Gasteiger partial charge is 0.341 e. The molecular weight excluding hydrogens is 184 g/mol. The zero-order chi connectivity index (χ0) is 11.0. The first-order valence-corrected chi connectivity index (χ1v) is 4.23. The second-order valence-electron chi connectivity index (χ2n) is 2.68. The number of carboxylic acid groups (broad SMARTS) is 1. The van der Waals surface area contributed by atoms with Crippen LogP contribution in [-0.2, 0) is 14.3 Å². The van der Waals surface area contributed by atoms with Gasteiger partial charge in [0.05, 0.1) is 0 Å². The highest BCUT2D eigenvalue weighted by molar-refractivity contribution is 5.77. The normalized spacial score (nSPS) is 11.7. The molecule has 4 nitrogen and oxygen atoms in total. The Hall–Kier alpha value is -1.58. The number of carboxylic acids is 1. The van der Waals surface area contributed by atoms with Crippen molar-refractivity contribution in [2.24, 2.45) is 0 Å². The summed E-state index contributed by atoms with van der Waals surface area (Å²) in [5, 5.41) is 8.34. The zero-order valence-electron chi connectivity index (χ0n) is 8.32. The number of carbonyl (C=O) groups is 2. The third-order valence-corrected chi connectivity index (χ3v) is 1.33. The summed E-state index contributed by atoms with van der Waals surface area (Å²) < 4.78 is 4.90. The maximum Gasteiger partial charge on any atom is 0.341 e. The predicted octanol–water partition coefficient (Wildman–Crippen LogP) is 1.53. The van der Waals surface area contributed by atoms with Crippen LogP contribution >= 0.6 is 0 Å². The molecule has 0 aliphatic rings. The largest absolute Gasteiger partial charge is 0.482 e.